The van der Waals surface area contributed by atoms with E-state index in [0.717, 1.165) is 0 Å². The van der Waals surface area contributed by atoms with E-state index in [1.165, 1.54) is 0 Å². The van der Waals surface area contributed by atoms with Gasteiger partial charge in [0.05, 0.1) is 97.6 Å². The molecule has 0 spiro atoms. The molecular formula is C52H95N5O24. The van der Waals surface area contributed by atoms with Gasteiger partial charge in [-0.15, -0.1) is 0 Å². The number of carbonyl (C=O) groups is 5. The van der Waals surface area contributed by atoms with Gasteiger partial charge in [0.15, 0.2) is 18.9 Å². The molecule has 0 radical (unpaired) electrons. The highest BCUT2D eigenvalue weighted by Gasteiger charge is 2.45. The summed E-state index contributed by atoms with van der Waals surface area (Å²) in [4.78, 5) is 64.7. The fraction of sp³-hybridized carbons (Fsp3) is 0.904. The summed E-state index contributed by atoms with van der Waals surface area (Å²) >= 11 is 0. The molecule has 3 aliphatic heterocycles. The Morgan fingerprint density at radius 2 is 0.704 bits per heavy atom. The van der Waals surface area contributed by atoms with Crippen LogP contribution in [0.5, 0.6) is 0 Å². The lowest BCUT2D eigenvalue weighted by Gasteiger charge is -2.40. The molecule has 29 heteroatoms. The number of aliphatic hydroxyl groups is 9. The molecule has 0 aromatic rings. The average molecular weight is 1170 g/mol. The summed E-state index contributed by atoms with van der Waals surface area (Å²) in [6, 6.07) is 0. The number of hydrogen-bond acceptors (Lipinski definition) is 24. The lowest BCUT2D eigenvalue weighted by molar-refractivity contribution is -0.282. The van der Waals surface area contributed by atoms with Gasteiger partial charge in [-0.2, -0.15) is 0 Å². The molecule has 5 amide bonds. The van der Waals surface area contributed by atoms with Crippen molar-refractivity contribution in [3.05, 3.63) is 0 Å². The molecule has 0 saturated carbocycles. The maximum absolute atomic E-state index is 13.6. The number of rotatable bonds is 42. The van der Waals surface area contributed by atoms with Gasteiger partial charge in [-0.3, -0.25) is 24.0 Å². The van der Waals surface area contributed by atoms with Crippen LogP contribution in [0.25, 0.3) is 0 Å². The van der Waals surface area contributed by atoms with E-state index in [9.17, 15) is 69.9 Å². The molecule has 81 heavy (non-hydrogen) atoms. The smallest absolute Gasteiger partial charge is 0.222 e. The molecule has 0 aromatic carbocycles. The SMILES string of the molecule is COCCCNC(=O)CCCC(=O)NC(COCCC(=O)NCCCO[C@@H]1OC(CO)[C@H](O)C(O)[C@@H]1C)(COCCC(=O)NCCCO[C@@H]1OC(CO)[C@H](O)C(O)[C@@H]1C)COCCC(=O)NCCCO[C@@H]1OC(CO)[C@H](O)C(O)[C@@H]1C. The van der Waals surface area contributed by atoms with Crippen LogP contribution in [-0.4, -0.2) is 274 Å². The maximum atomic E-state index is 13.6. The van der Waals surface area contributed by atoms with Crippen LogP contribution in [0, 0.1) is 17.8 Å². The number of ether oxygens (including phenoxy) is 10. The quantitative estimate of drug-likeness (QED) is 0.0255. The van der Waals surface area contributed by atoms with E-state index in [4.69, 9.17) is 47.4 Å². The first-order valence-corrected chi connectivity index (χ1v) is 28.1. The second-order valence-electron chi connectivity index (χ2n) is 20.7. The van der Waals surface area contributed by atoms with Crippen LogP contribution >= 0.6 is 0 Å². The maximum Gasteiger partial charge on any atom is 0.222 e. The topological polar surface area (TPSA) is 420 Å². The third kappa shape index (κ3) is 26.2. The summed E-state index contributed by atoms with van der Waals surface area (Å²) in [5.74, 6) is -3.58. The molecule has 472 valence electrons. The zero-order valence-electron chi connectivity index (χ0n) is 47.4. The Labute approximate surface area is 473 Å². The van der Waals surface area contributed by atoms with Crippen molar-refractivity contribution in [3.8, 4) is 0 Å². The first kappa shape index (κ1) is 71.9. The van der Waals surface area contributed by atoms with Crippen molar-refractivity contribution in [1.29, 1.82) is 0 Å². The van der Waals surface area contributed by atoms with Crippen LogP contribution in [0.15, 0.2) is 0 Å². The number of amides is 5. The molecule has 3 rings (SSSR count). The highest BCUT2D eigenvalue weighted by atomic mass is 16.7. The molecule has 3 aliphatic rings. The third-order valence-electron chi connectivity index (χ3n) is 14.0. The van der Waals surface area contributed by atoms with E-state index in [-0.39, 0.29) is 141 Å². The average Bonchev–Trinajstić information content (AvgIpc) is 3.46. The molecule has 15 atom stereocenters. The van der Waals surface area contributed by atoms with Gasteiger partial charge >= 0.3 is 0 Å². The zero-order valence-corrected chi connectivity index (χ0v) is 47.4. The van der Waals surface area contributed by atoms with Gasteiger partial charge in [0, 0.05) is 89.8 Å². The number of hydrogen-bond donors (Lipinski definition) is 14. The summed E-state index contributed by atoms with van der Waals surface area (Å²) in [5, 5.41) is 104. The number of methoxy groups -OCH3 is 1. The highest BCUT2D eigenvalue weighted by Crippen LogP contribution is 2.29. The highest BCUT2D eigenvalue weighted by molar-refractivity contribution is 5.79. The second-order valence-corrected chi connectivity index (χ2v) is 20.7. The molecule has 0 bridgehead atoms. The molecule has 29 nitrogen and oxygen atoms in total. The van der Waals surface area contributed by atoms with Crippen LogP contribution in [-0.2, 0) is 71.3 Å². The number of aliphatic hydroxyl groups excluding tert-OH is 9. The first-order valence-electron chi connectivity index (χ1n) is 28.1. The fourth-order valence-corrected chi connectivity index (χ4v) is 8.83. The number of nitrogens with one attached hydrogen (secondary N) is 5. The molecule has 14 N–H and O–H groups in total. The minimum atomic E-state index is -1.44. The fourth-order valence-electron chi connectivity index (χ4n) is 8.83. The van der Waals surface area contributed by atoms with Gasteiger partial charge in [0.1, 0.15) is 42.2 Å². The van der Waals surface area contributed by atoms with Gasteiger partial charge < -0.3 is 120 Å². The summed E-state index contributed by atoms with van der Waals surface area (Å²) in [6.45, 7) is 4.13. The van der Waals surface area contributed by atoms with Crippen molar-refractivity contribution in [2.24, 2.45) is 17.8 Å². The van der Waals surface area contributed by atoms with Gasteiger partial charge in [-0.1, -0.05) is 20.8 Å². The Balaban J connectivity index is 1.59. The van der Waals surface area contributed by atoms with Crippen molar-refractivity contribution in [1.82, 2.24) is 26.6 Å². The molecule has 0 aliphatic carbocycles. The van der Waals surface area contributed by atoms with E-state index >= 15 is 0 Å². The molecule has 0 aromatic heterocycles. The van der Waals surface area contributed by atoms with Gasteiger partial charge in [-0.25, -0.2) is 0 Å². The third-order valence-corrected chi connectivity index (χ3v) is 14.0. The van der Waals surface area contributed by atoms with E-state index in [0.29, 0.717) is 38.8 Å². The summed E-state index contributed by atoms with van der Waals surface area (Å²) in [5.41, 5.74) is -1.44. The van der Waals surface area contributed by atoms with Gasteiger partial charge in [0.2, 0.25) is 29.5 Å². The van der Waals surface area contributed by atoms with Gasteiger partial charge in [-0.05, 0) is 32.1 Å². The summed E-state index contributed by atoms with van der Waals surface area (Å²) < 4.78 is 56.9. The minimum absolute atomic E-state index is 0.0569. The van der Waals surface area contributed by atoms with Crippen molar-refractivity contribution < 1.29 is 117 Å². The Morgan fingerprint density at radius 3 is 1.01 bits per heavy atom. The normalized spacial score (nSPS) is 29.3. The van der Waals surface area contributed by atoms with Crippen molar-refractivity contribution in [3.63, 3.8) is 0 Å². The molecule has 3 fully saturated rings. The Bertz CT molecular complexity index is 1620. The first-order chi connectivity index (χ1) is 38.8. The molecule has 3 heterocycles. The molecule has 6 unspecified atom stereocenters. The number of carbonyl (C=O) groups excluding carboxylic acids is 5. The molecular weight excluding hydrogens is 1080 g/mol. The lowest BCUT2D eigenvalue weighted by Crippen LogP contribution is -2.58. The Hall–Kier alpha value is -3.41. The standard InChI is InChI=1S/C52H95N5O24/c1-32-43(66)46(69)35(26-58)79-49(32)76-20-7-16-54-39(62)12-23-73-29-52(57-42(65)11-5-10-38(61)53-15-6-19-72-4,30-74-24-13-40(63)55-17-8-21-77-50-33(2)44(67)47(70)36(27-59)80-50)31-75-25-14-41(64)56-18-9-22-78-51-34(3)45(68)48(71)37(28-60)81-51/h32-37,43-51,58-60,66-71H,5-31H2,1-4H3,(H,53,61)(H,54,62)(H,55,63)(H,56,64)(H,57,65)/t32-,33-,34-,35?,36?,37?,43?,44?,45?,46-,47-,48-,49+,50+,51+,52?/m0/s1. The zero-order chi connectivity index (χ0) is 59.7. The van der Waals surface area contributed by atoms with Crippen LogP contribution in [0.2, 0.25) is 0 Å². The van der Waals surface area contributed by atoms with Crippen LogP contribution in [0.4, 0.5) is 0 Å². The minimum Gasteiger partial charge on any atom is -0.394 e. The Morgan fingerprint density at radius 1 is 0.407 bits per heavy atom. The monoisotopic (exact) mass is 1170 g/mol. The van der Waals surface area contributed by atoms with E-state index in [2.05, 4.69) is 26.6 Å². The van der Waals surface area contributed by atoms with Crippen molar-refractivity contribution >= 4 is 29.5 Å². The predicted molar refractivity (Wildman–Crippen MR) is 282 cm³/mol. The van der Waals surface area contributed by atoms with E-state index in [1.54, 1.807) is 27.9 Å². The van der Waals surface area contributed by atoms with Crippen LogP contribution in [0.1, 0.15) is 85.0 Å². The summed E-state index contributed by atoms with van der Waals surface area (Å²) in [7, 11) is 1.56. The van der Waals surface area contributed by atoms with E-state index < -0.39 is 123 Å². The van der Waals surface area contributed by atoms with Gasteiger partial charge in [0.25, 0.3) is 0 Å². The lowest BCUT2D eigenvalue weighted by atomic mass is 9.92. The second kappa shape index (κ2) is 40.0. The van der Waals surface area contributed by atoms with E-state index in [1.807, 2.05) is 0 Å². The van der Waals surface area contributed by atoms with Crippen molar-refractivity contribution in [2.45, 2.75) is 164 Å². The summed E-state index contributed by atoms with van der Waals surface area (Å²) in [6.07, 6.45) is -11.4. The molecule has 3 saturated heterocycles. The Kier molecular flexibility index (Phi) is 35.5. The largest absolute Gasteiger partial charge is 0.394 e. The van der Waals surface area contributed by atoms with Crippen LogP contribution in [0.3, 0.4) is 0 Å². The predicted octanol–water partition coefficient (Wildman–Crippen LogP) is -4.82. The van der Waals surface area contributed by atoms with Crippen molar-refractivity contribution in [2.75, 3.05) is 119 Å². The van der Waals surface area contributed by atoms with Crippen LogP contribution < -0.4 is 26.6 Å².